The first kappa shape index (κ1) is 15.5. The van der Waals surface area contributed by atoms with Crippen molar-refractivity contribution in [1.29, 1.82) is 0 Å². The fourth-order valence-corrected chi connectivity index (χ4v) is 3.98. The lowest BCUT2D eigenvalue weighted by atomic mass is 10.1. The standard InChI is InChI=1S/C15H22Br2N2/c1-12(14-6-5-13(16)11-15(14)17)18-7-10-19-8-3-2-4-9-19/h5-6,11-12,18H,2-4,7-10H2,1H3. The van der Waals surface area contributed by atoms with E-state index >= 15 is 0 Å². The Morgan fingerprint density at radius 1 is 1.21 bits per heavy atom. The summed E-state index contributed by atoms with van der Waals surface area (Å²) < 4.78 is 2.28. The summed E-state index contributed by atoms with van der Waals surface area (Å²) in [7, 11) is 0. The van der Waals surface area contributed by atoms with E-state index in [4.69, 9.17) is 0 Å². The van der Waals surface area contributed by atoms with Gasteiger partial charge in [0, 0.05) is 28.1 Å². The first-order valence-electron chi connectivity index (χ1n) is 7.07. The van der Waals surface area contributed by atoms with E-state index in [2.05, 4.69) is 67.2 Å². The molecular formula is C15H22Br2N2. The second-order valence-corrected chi connectivity index (χ2v) is 7.01. The fourth-order valence-electron chi connectivity index (χ4n) is 2.58. The molecule has 0 aliphatic carbocycles. The molecule has 1 unspecified atom stereocenters. The van der Waals surface area contributed by atoms with E-state index in [0.29, 0.717) is 6.04 Å². The molecule has 2 nitrogen and oxygen atoms in total. The Hall–Kier alpha value is 0.1000. The molecule has 2 rings (SSSR count). The molecule has 0 bridgehead atoms. The van der Waals surface area contributed by atoms with E-state index < -0.39 is 0 Å². The minimum atomic E-state index is 0.382. The molecule has 1 heterocycles. The molecule has 0 amide bonds. The van der Waals surface area contributed by atoms with Gasteiger partial charge in [0.1, 0.15) is 0 Å². The Bertz CT molecular complexity index is 403. The fraction of sp³-hybridized carbons (Fsp3) is 0.600. The average Bonchev–Trinajstić information content (AvgIpc) is 2.39. The van der Waals surface area contributed by atoms with Crippen LogP contribution in [-0.2, 0) is 0 Å². The topological polar surface area (TPSA) is 15.3 Å². The third kappa shape index (κ3) is 4.85. The minimum absolute atomic E-state index is 0.382. The van der Waals surface area contributed by atoms with Gasteiger partial charge in [-0.05, 0) is 50.6 Å². The van der Waals surface area contributed by atoms with Gasteiger partial charge in [-0.2, -0.15) is 0 Å². The SMILES string of the molecule is CC(NCCN1CCCCC1)c1ccc(Br)cc1Br. The summed E-state index contributed by atoms with van der Waals surface area (Å²) in [5.74, 6) is 0. The van der Waals surface area contributed by atoms with Gasteiger partial charge < -0.3 is 10.2 Å². The Kier molecular flexibility index (Phi) is 6.33. The van der Waals surface area contributed by atoms with Crippen LogP contribution in [0.5, 0.6) is 0 Å². The number of nitrogens with one attached hydrogen (secondary N) is 1. The van der Waals surface area contributed by atoms with Crippen LogP contribution in [0.1, 0.15) is 37.8 Å². The average molecular weight is 390 g/mol. The molecule has 1 aliphatic rings. The van der Waals surface area contributed by atoms with Crippen LogP contribution in [0.2, 0.25) is 0 Å². The lowest BCUT2D eigenvalue weighted by Gasteiger charge is -2.27. The van der Waals surface area contributed by atoms with Gasteiger partial charge in [-0.25, -0.2) is 0 Å². The van der Waals surface area contributed by atoms with Gasteiger partial charge in [0.15, 0.2) is 0 Å². The predicted octanol–water partition coefficient (Wildman–Crippen LogP) is 4.35. The molecule has 4 heteroatoms. The predicted molar refractivity (Wildman–Crippen MR) is 88.6 cm³/mol. The second-order valence-electron chi connectivity index (χ2n) is 5.24. The highest BCUT2D eigenvalue weighted by Crippen LogP contribution is 2.26. The van der Waals surface area contributed by atoms with E-state index in [0.717, 1.165) is 11.0 Å². The maximum atomic E-state index is 3.64. The van der Waals surface area contributed by atoms with Gasteiger partial charge in [-0.15, -0.1) is 0 Å². The van der Waals surface area contributed by atoms with Crippen LogP contribution in [0.4, 0.5) is 0 Å². The Labute approximate surface area is 133 Å². The highest BCUT2D eigenvalue weighted by Gasteiger charge is 2.12. The molecule has 0 spiro atoms. The van der Waals surface area contributed by atoms with Gasteiger partial charge in [-0.3, -0.25) is 0 Å². The maximum Gasteiger partial charge on any atom is 0.0303 e. The van der Waals surface area contributed by atoms with Crippen molar-refractivity contribution in [2.45, 2.75) is 32.2 Å². The monoisotopic (exact) mass is 388 g/mol. The quantitative estimate of drug-likeness (QED) is 0.805. The Morgan fingerprint density at radius 2 is 1.95 bits per heavy atom. The maximum absolute atomic E-state index is 3.64. The van der Waals surface area contributed by atoms with E-state index in [-0.39, 0.29) is 0 Å². The van der Waals surface area contributed by atoms with Crippen LogP contribution in [0, 0.1) is 0 Å². The number of likely N-dealkylation sites (tertiary alicyclic amines) is 1. The molecule has 0 saturated carbocycles. The van der Waals surface area contributed by atoms with Crippen LogP contribution in [0.15, 0.2) is 27.1 Å². The van der Waals surface area contributed by atoms with Crippen molar-refractivity contribution in [3.05, 3.63) is 32.7 Å². The lowest BCUT2D eigenvalue weighted by molar-refractivity contribution is 0.227. The van der Waals surface area contributed by atoms with E-state index in [1.54, 1.807) is 0 Å². The van der Waals surface area contributed by atoms with Crippen molar-refractivity contribution in [2.75, 3.05) is 26.2 Å². The van der Waals surface area contributed by atoms with Crippen LogP contribution >= 0.6 is 31.9 Å². The summed E-state index contributed by atoms with van der Waals surface area (Å²) in [6.07, 6.45) is 4.15. The smallest absolute Gasteiger partial charge is 0.0303 e. The number of halogens is 2. The first-order valence-corrected chi connectivity index (χ1v) is 8.66. The molecule has 0 aromatic heterocycles. The number of piperidine rings is 1. The zero-order valence-electron chi connectivity index (χ0n) is 11.5. The van der Waals surface area contributed by atoms with Gasteiger partial charge in [-0.1, -0.05) is 44.3 Å². The molecule has 1 atom stereocenters. The summed E-state index contributed by atoms with van der Waals surface area (Å²) in [5.41, 5.74) is 1.32. The second kappa shape index (κ2) is 7.77. The molecule has 1 aliphatic heterocycles. The van der Waals surface area contributed by atoms with E-state index in [9.17, 15) is 0 Å². The minimum Gasteiger partial charge on any atom is -0.309 e. The van der Waals surface area contributed by atoms with Crippen molar-refractivity contribution < 1.29 is 0 Å². The number of hydrogen-bond donors (Lipinski definition) is 1. The summed E-state index contributed by atoms with van der Waals surface area (Å²) in [6, 6.07) is 6.76. The number of rotatable bonds is 5. The van der Waals surface area contributed by atoms with Crippen LogP contribution in [0.3, 0.4) is 0 Å². The van der Waals surface area contributed by atoms with Crippen molar-refractivity contribution in [1.82, 2.24) is 10.2 Å². The molecule has 19 heavy (non-hydrogen) atoms. The summed E-state index contributed by atoms with van der Waals surface area (Å²) >= 11 is 7.13. The third-order valence-electron chi connectivity index (χ3n) is 3.76. The largest absolute Gasteiger partial charge is 0.309 e. The molecule has 1 aromatic rings. The van der Waals surface area contributed by atoms with Crippen LogP contribution in [0.25, 0.3) is 0 Å². The van der Waals surface area contributed by atoms with Gasteiger partial charge in [0.25, 0.3) is 0 Å². The Balaban J connectivity index is 1.78. The molecule has 1 saturated heterocycles. The lowest BCUT2D eigenvalue weighted by Crippen LogP contribution is -2.36. The number of benzene rings is 1. The van der Waals surface area contributed by atoms with E-state index in [1.165, 1.54) is 48.9 Å². The van der Waals surface area contributed by atoms with Gasteiger partial charge >= 0.3 is 0 Å². The molecule has 1 fully saturated rings. The van der Waals surface area contributed by atoms with Gasteiger partial charge in [0.2, 0.25) is 0 Å². The molecule has 1 aromatic carbocycles. The highest BCUT2D eigenvalue weighted by atomic mass is 79.9. The summed E-state index contributed by atoms with van der Waals surface area (Å²) in [5, 5.41) is 3.62. The zero-order chi connectivity index (χ0) is 13.7. The molecule has 0 radical (unpaired) electrons. The van der Waals surface area contributed by atoms with E-state index in [1.807, 2.05) is 0 Å². The Morgan fingerprint density at radius 3 is 2.63 bits per heavy atom. The van der Waals surface area contributed by atoms with Crippen LogP contribution < -0.4 is 5.32 Å². The van der Waals surface area contributed by atoms with Crippen molar-refractivity contribution in [3.63, 3.8) is 0 Å². The highest BCUT2D eigenvalue weighted by molar-refractivity contribution is 9.11. The molecule has 106 valence electrons. The summed E-state index contributed by atoms with van der Waals surface area (Å²) in [4.78, 5) is 2.57. The first-order chi connectivity index (χ1) is 9.16. The normalized spacial score (nSPS) is 18.5. The van der Waals surface area contributed by atoms with Crippen molar-refractivity contribution in [3.8, 4) is 0 Å². The van der Waals surface area contributed by atoms with Crippen LogP contribution in [-0.4, -0.2) is 31.1 Å². The summed E-state index contributed by atoms with van der Waals surface area (Å²) in [6.45, 7) is 7.00. The zero-order valence-corrected chi connectivity index (χ0v) is 14.6. The number of hydrogen-bond acceptors (Lipinski definition) is 2. The molecular weight excluding hydrogens is 368 g/mol. The van der Waals surface area contributed by atoms with Crippen molar-refractivity contribution >= 4 is 31.9 Å². The van der Waals surface area contributed by atoms with Crippen molar-refractivity contribution in [2.24, 2.45) is 0 Å². The molecule has 1 N–H and O–H groups in total. The number of nitrogens with zero attached hydrogens (tertiary/aromatic N) is 1. The van der Waals surface area contributed by atoms with Gasteiger partial charge in [0.05, 0.1) is 0 Å². The third-order valence-corrected chi connectivity index (χ3v) is 4.94.